The summed E-state index contributed by atoms with van der Waals surface area (Å²) in [4.78, 5) is 31.1. The maximum absolute atomic E-state index is 13.6. The number of fused-ring (bicyclic) bond motifs is 2. The Kier molecular flexibility index (Phi) is 5.45. The summed E-state index contributed by atoms with van der Waals surface area (Å²) in [5.41, 5.74) is 2.49. The smallest absolute Gasteiger partial charge is 0.290 e. The van der Waals surface area contributed by atoms with Crippen LogP contribution in [0.3, 0.4) is 0 Å². The number of aryl methyl sites for hydroxylation is 1. The van der Waals surface area contributed by atoms with Gasteiger partial charge in [-0.2, -0.15) is 0 Å². The molecular weight excluding hydrogens is 408 g/mol. The molecule has 0 aliphatic carbocycles. The summed E-state index contributed by atoms with van der Waals surface area (Å²) in [7, 11) is 1.60. The van der Waals surface area contributed by atoms with Gasteiger partial charge in [0.05, 0.1) is 37.3 Å². The fraction of sp³-hybridized carbons (Fsp3) is 0.360. The van der Waals surface area contributed by atoms with E-state index in [1.165, 1.54) is 0 Å². The van der Waals surface area contributed by atoms with Crippen LogP contribution >= 0.6 is 0 Å². The van der Waals surface area contributed by atoms with Crippen LogP contribution in [0.4, 0.5) is 0 Å². The second-order valence-corrected chi connectivity index (χ2v) is 8.31. The molecule has 1 fully saturated rings. The third kappa shape index (κ3) is 3.57. The van der Waals surface area contributed by atoms with Crippen molar-refractivity contribution < 1.29 is 18.7 Å². The number of rotatable bonds is 5. The zero-order valence-corrected chi connectivity index (χ0v) is 18.3. The first-order valence-corrected chi connectivity index (χ1v) is 10.9. The minimum Gasteiger partial charge on any atom is -0.497 e. The second-order valence-electron chi connectivity index (χ2n) is 8.31. The molecule has 166 valence electrons. The molecule has 7 nitrogen and oxygen atoms in total. The van der Waals surface area contributed by atoms with Crippen LogP contribution in [0.25, 0.3) is 11.0 Å². The van der Waals surface area contributed by atoms with E-state index in [1.807, 2.05) is 43.3 Å². The van der Waals surface area contributed by atoms with E-state index in [9.17, 15) is 9.59 Å². The molecule has 0 N–H and O–H groups in total. The first-order valence-electron chi connectivity index (χ1n) is 10.9. The van der Waals surface area contributed by atoms with E-state index in [0.29, 0.717) is 48.6 Å². The van der Waals surface area contributed by atoms with E-state index in [4.69, 9.17) is 13.9 Å². The highest BCUT2D eigenvalue weighted by Gasteiger charge is 2.42. The van der Waals surface area contributed by atoms with Gasteiger partial charge in [-0.1, -0.05) is 23.8 Å². The van der Waals surface area contributed by atoms with Crippen LogP contribution in [0.2, 0.25) is 0 Å². The molecule has 3 heterocycles. The molecule has 2 aliphatic heterocycles. The minimum absolute atomic E-state index is 0.140. The maximum atomic E-state index is 13.6. The first kappa shape index (κ1) is 20.7. The van der Waals surface area contributed by atoms with Crippen molar-refractivity contribution in [3.05, 3.63) is 75.1 Å². The van der Waals surface area contributed by atoms with Gasteiger partial charge in [0.15, 0.2) is 5.43 Å². The Balaban J connectivity index is 1.62. The number of ether oxygens (including phenoxy) is 2. The molecule has 32 heavy (non-hydrogen) atoms. The molecule has 7 heteroatoms. The van der Waals surface area contributed by atoms with Crippen LogP contribution in [-0.4, -0.2) is 62.2 Å². The quantitative estimate of drug-likeness (QED) is 0.615. The molecule has 1 aromatic heterocycles. The highest BCUT2D eigenvalue weighted by Crippen LogP contribution is 2.39. The lowest BCUT2D eigenvalue weighted by atomic mass is 9.98. The lowest BCUT2D eigenvalue weighted by Gasteiger charge is -2.31. The third-order valence-electron chi connectivity index (χ3n) is 6.29. The van der Waals surface area contributed by atoms with Gasteiger partial charge in [-0.3, -0.25) is 14.5 Å². The Morgan fingerprint density at radius 1 is 1.06 bits per heavy atom. The van der Waals surface area contributed by atoms with E-state index in [-0.39, 0.29) is 17.1 Å². The summed E-state index contributed by atoms with van der Waals surface area (Å²) in [5.74, 6) is 0.569. The van der Waals surface area contributed by atoms with Crippen molar-refractivity contribution in [1.82, 2.24) is 9.80 Å². The third-order valence-corrected chi connectivity index (χ3v) is 6.29. The number of hydrogen-bond acceptors (Lipinski definition) is 6. The normalized spacial score (nSPS) is 18.9. The number of morpholine rings is 1. The number of methoxy groups -OCH3 is 1. The van der Waals surface area contributed by atoms with Gasteiger partial charge in [0, 0.05) is 26.2 Å². The van der Waals surface area contributed by atoms with E-state index < -0.39 is 6.04 Å². The summed E-state index contributed by atoms with van der Waals surface area (Å²) in [6.45, 7) is 6.18. The summed E-state index contributed by atoms with van der Waals surface area (Å²) in [6.07, 6.45) is 0. The Bertz CT molecular complexity index is 1230. The largest absolute Gasteiger partial charge is 0.497 e. The summed E-state index contributed by atoms with van der Waals surface area (Å²) >= 11 is 0. The van der Waals surface area contributed by atoms with Crippen LogP contribution in [0, 0.1) is 6.92 Å². The topological polar surface area (TPSA) is 72.2 Å². The van der Waals surface area contributed by atoms with Crippen molar-refractivity contribution in [2.24, 2.45) is 0 Å². The zero-order chi connectivity index (χ0) is 22.2. The van der Waals surface area contributed by atoms with Crippen molar-refractivity contribution >= 4 is 16.9 Å². The molecule has 0 spiro atoms. The number of nitrogens with zero attached hydrogens (tertiary/aromatic N) is 2. The van der Waals surface area contributed by atoms with Crippen molar-refractivity contribution in [3.63, 3.8) is 0 Å². The van der Waals surface area contributed by atoms with Crippen molar-refractivity contribution in [2.75, 3.05) is 46.5 Å². The van der Waals surface area contributed by atoms with E-state index >= 15 is 0 Å². The predicted octanol–water partition coefficient (Wildman–Crippen LogP) is 2.99. The standard InChI is InChI=1S/C25H26N2O5/c1-16-6-7-20-19(14-16)23(28)21-22(17-4-3-5-18(15-17)30-2)27(25(29)24(21)32-20)9-8-26-10-12-31-13-11-26/h3-7,14-15,22H,8-13H2,1-2H3. The van der Waals surface area contributed by atoms with Crippen LogP contribution < -0.4 is 10.2 Å². The van der Waals surface area contributed by atoms with Gasteiger partial charge in [0.25, 0.3) is 5.91 Å². The Morgan fingerprint density at radius 3 is 2.66 bits per heavy atom. The average Bonchev–Trinajstić information content (AvgIpc) is 3.10. The second kappa shape index (κ2) is 8.41. The Morgan fingerprint density at radius 2 is 1.88 bits per heavy atom. The SMILES string of the molecule is COc1cccc(C2c3c(oc4ccc(C)cc4c3=O)C(=O)N2CCN2CCOCC2)c1. The Hall–Kier alpha value is -3.16. The molecule has 3 aromatic rings. The van der Waals surface area contributed by atoms with E-state index in [2.05, 4.69) is 4.90 Å². The van der Waals surface area contributed by atoms with Gasteiger partial charge >= 0.3 is 0 Å². The van der Waals surface area contributed by atoms with Gasteiger partial charge < -0.3 is 18.8 Å². The molecule has 5 rings (SSSR count). The molecule has 0 saturated carbocycles. The summed E-state index contributed by atoms with van der Waals surface area (Å²) < 4.78 is 16.9. The number of hydrogen-bond donors (Lipinski definition) is 0. The zero-order valence-electron chi connectivity index (χ0n) is 18.3. The number of carbonyl (C=O) groups is 1. The summed E-state index contributed by atoms with van der Waals surface area (Å²) in [6, 6.07) is 12.5. The molecule has 2 aliphatic rings. The molecule has 1 saturated heterocycles. The first-order chi connectivity index (χ1) is 15.6. The van der Waals surface area contributed by atoms with Gasteiger partial charge in [0.2, 0.25) is 5.76 Å². The maximum Gasteiger partial charge on any atom is 0.290 e. The van der Waals surface area contributed by atoms with Gasteiger partial charge in [-0.05, 0) is 36.8 Å². The minimum atomic E-state index is -0.519. The molecular formula is C25H26N2O5. The predicted molar refractivity (Wildman–Crippen MR) is 120 cm³/mol. The van der Waals surface area contributed by atoms with E-state index in [1.54, 1.807) is 18.1 Å². The molecule has 1 amide bonds. The molecule has 2 aromatic carbocycles. The lowest BCUT2D eigenvalue weighted by molar-refractivity contribution is 0.0314. The van der Waals surface area contributed by atoms with Gasteiger partial charge in [-0.15, -0.1) is 0 Å². The Labute approximate surface area is 186 Å². The van der Waals surface area contributed by atoms with Crippen molar-refractivity contribution in [2.45, 2.75) is 13.0 Å². The fourth-order valence-electron chi connectivity index (χ4n) is 4.60. The van der Waals surface area contributed by atoms with Gasteiger partial charge in [-0.25, -0.2) is 0 Å². The average molecular weight is 434 g/mol. The summed E-state index contributed by atoms with van der Waals surface area (Å²) in [5, 5.41) is 0.500. The molecule has 1 atom stereocenters. The fourth-order valence-corrected chi connectivity index (χ4v) is 4.60. The molecule has 0 bridgehead atoms. The number of benzene rings is 2. The highest BCUT2D eigenvalue weighted by molar-refractivity contribution is 5.99. The van der Waals surface area contributed by atoms with Gasteiger partial charge in [0.1, 0.15) is 11.3 Å². The van der Waals surface area contributed by atoms with Crippen molar-refractivity contribution in [3.8, 4) is 5.75 Å². The molecule has 1 unspecified atom stereocenters. The highest BCUT2D eigenvalue weighted by atomic mass is 16.5. The van der Waals surface area contributed by atoms with Crippen LogP contribution in [0.15, 0.2) is 51.7 Å². The van der Waals surface area contributed by atoms with Crippen LogP contribution in [0.1, 0.15) is 33.3 Å². The van der Waals surface area contributed by atoms with Crippen LogP contribution in [-0.2, 0) is 4.74 Å². The lowest BCUT2D eigenvalue weighted by Crippen LogP contribution is -2.42. The monoisotopic (exact) mass is 434 g/mol. The number of amides is 1. The number of carbonyl (C=O) groups excluding carboxylic acids is 1. The molecule has 0 radical (unpaired) electrons. The van der Waals surface area contributed by atoms with Crippen molar-refractivity contribution in [1.29, 1.82) is 0 Å². The van der Waals surface area contributed by atoms with Crippen LogP contribution in [0.5, 0.6) is 5.75 Å². The van der Waals surface area contributed by atoms with E-state index in [0.717, 1.165) is 24.2 Å².